The van der Waals surface area contributed by atoms with E-state index in [4.69, 9.17) is 4.74 Å². The van der Waals surface area contributed by atoms with Gasteiger partial charge in [-0.3, -0.25) is 0 Å². The number of para-hydroxylation sites is 1. The third kappa shape index (κ3) is 4.33. The van der Waals surface area contributed by atoms with Gasteiger partial charge in [0.25, 0.3) is 0 Å². The summed E-state index contributed by atoms with van der Waals surface area (Å²) in [5.41, 5.74) is 6.09. The maximum absolute atomic E-state index is 6.32. The van der Waals surface area contributed by atoms with E-state index in [1.54, 1.807) is 11.8 Å². The van der Waals surface area contributed by atoms with E-state index in [0.717, 1.165) is 28.1 Å². The average Bonchev–Trinajstić information content (AvgIpc) is 2.91. The molecule has 0 spiro atoms. The smallest absolute Gasteiger partial charge is 0.247 e. The number of benzene rings is 2. The quantitative estimate of drug-likeness (QED) is 0.512. The Morgan fingerprint density at radius 2 is 1.90 bits per heavy atom. The van der Waals surface area contributed by atoms with Crippen LogP contribution in [0.3, 0.4) is 0 Å². The summed E-state index contributed by atoms with van der Waals surface area (Å²) in [7, 11) is 0. The Bertz CT molecular complexity index is 1060. The van der Waals surface area contributed by atoms with Gasteiger partial charge in [0.05, 0.1) is 0 Å². The summed E-state index contributed by atoms with van der Waals surface area (Å²) in [6.45, 7) is 8.54. The van der Waals surface area contributed by atoms with Crippen molar-refractivity contribution in [2.24, 2.45) is 0 Å². The summed E-state index contributed by atoms with van der Waals surface area (Å²) in [6.07, 6.45) is 1.79. The van der Waals surface area contributed by atoms with Crippen LogP contribution >= 0.6 is 11.8 Å². The molecule has 1 aliphatic rings. The van der Waals surface area contributed by atoms with Crippen LogP contribution in [-0.4, -0.2) is 27.2 Å². The second kappa shape index (κ2) is 8.88. The van der Waals surface area contributed by atoms with Crippen molar-refractivity contribution in [3.63, 3.8) is 0 Å². The molecule has 0 unspecified atom stereocenters. The fourth-order valence-corrected chi connectivity index (χ4v) is 3.86. The van der Waals surface area contributed by atoms with Crippen molar-refractivity contribution in [1.82, 2.24) is 15.2 Å². The van der Waals surface area contributed by atoms with Gasteiger partial charge < -0.3 is 10.1 Å². The van der Waals surface area contributed by atoms with E-state index in [1.807, 2.05) is 24.3 Å². The van der Waals surface area contributed by atoms with Crippen LogP contribution in [0.15, 0.2) is 59.3 Å². The Labute approximate surface area is 182 Å². The molecule has 0 bridgehead atoms. The number of thioether (sulfide) groups is 1. The molecule has 0 radical (unpaired) electrons. The van der Waals surface area contributed by atoms with Gasteiger partial charge in [-0.15, -0.1) is 10.2 Å². The summed E-state index contributed by atoms with van der Waals surface area (Å²) in [5.74, 6) is 1.90. The van der Waals surface area contributed by atoms with Crippen molar-refractivity contribution >= 4 is 23.5 Å². The lowest BCUT2D eigenvalue weighted by molar-refractivity contribution is 0.255. The molecule has 2 heterocycles. The first kappa shape index (κ1) is 20.4. The standard InChI is InChI=1S/C24H26N4OS/c1-5-30-24-26-23-21(27-28-24)19-8-6-7-9-20(19)25-22(29-23)16(4)14-17-10-12-18(13-11-17)15(2)3/h6-15,22,25H,5H2,1-4H3/b16-14+/t22-/m1/s1. The zero-order valence-electron chi connectivity index (χ0n) is 17.7. The third-order valence-corrected chi connectivity index (χ3v) is 5.74. The maximum atomic E-state index is 6.32. The van der Waals surface area contributed by atoms with Crippen molar-refractivity contribution < 1.29 is 4.74 Å². The minimum atomic E-state index is -0.353. The van der Waals surface area contributed by atoms with Gasteiger partial charge in [0, 0.05) is 11.3 Å². The lowest BCUT2D eigenvalue weighted by Gasteiger charge is -2.20. The molecule has 0 aliphatic carbocycles. The van der Waals surface area contributed by atoms with Crippen molar-refractivity contribution in [2.75, 3.05) is 11.1 Å². The number of hydrogen-bond acceptors (Lipinski definition) is 6. The van der Waals surface area contributed by atoms with E-state index in [-0.39, 0.29) is 6.23 Å². The number of nitrogens with one attached hydrogen (secondary N) is 1. The number of rotatable bonds is 5. The molecule has 6 heteroatoms. The largest absolute Gasteiger partial charge is 0.448 e. The van der Waals surface area contributed by atoms with Crippen LogP contribution in [0.2, 0.25) is 0 Å². The molecule has 1 N–H and O–H groups in total. The highest BCUT2D eigenvalue weighted by atomic mass is 32.2. The Morgan fingerprint density at radius 3 is 2.63 bits per heavy atom. The van der Waals surface area contributed by atoms with Crippen LogP contribution in [0.5, 0.6) is 5.88 Å². The fraction of sp³-hybridized carbons (Fsp3) is 0.292. The first-order valence-corrected chi connectivity index (χ1v) is 11.2. The van der Waals surface area contributed by atoms with Crippen LogP contribution in [0, 0.1) is 0 Å². The van der Waals surface area contributed by atoms with E-state index in [2.05, 4.69) is 78.5 Å². The topological polar surface area (TPSA) is 59.9 Å². The zero-order valence-corrected chi connectivity index (χ0v) is 18.5. The van der Waals surface area contributed by atoms with Gasteiger partial charge in [0.2, 0.25) is 11.0 Å². The molecule has 4 rings (SSSR count). The van der Waals surface area contributed by atoms with Gasteiger partial charge in [-0.25, -0.2) is 0 Å². The zero-order chi connectivity index (χ0) is 21.1. The Hall–Kier alpha value is -2.86. The highest BCUT2D eigenvalue weighted by Gasteiger charge is 2.25. The molecule has 0 amide bonds. The van der Waals surface area contributed by atoms with Crippen LogP contribution < -0.4 is 10.1 Å². The minimum absolute atomic E-state index is 0.353. The molecule has 154 valence electrons. The van der Waals surface area contributed by atoms with Gasteiger partial charge in [-0.1, -0.05) is 81.1 Å². The molecule has 0 fully saturated rings. The first-order chi connectivity index (χ1) is 14.5. The summed E-state index contributed by atoms with van der Waals surface area (Å²) < 4.78 is 6.32. The first-order valence-electron chi connectivity index (χ1n) is 10.2. The molecule has 5 nitrogen and oxygen atoms in total. The summed E-state index contributed by atoms with van der Waals surface area (Å²) in [6, 6.07) is 16.7. The monoisotopic (exact) mass is 418 g/mol. The number of ether oxygens (including phenoxy) is 1. The van der Waals surface area contributed by atoms with Gasteiger partial charge in [-0.2, -0.15) is 4.98 Å². The van der Waals surface area contributed by atoms with Crippen molar-refractivity contribution in [1.29, 1.82) is 0 Å². The predicted molar refractivity (Wildman–Crippen MR) is 124 cm³/mol. The van der Waals surface area contributed by atoms with Crippen LogP contribution in [0.25, 0.3) is 17.3 Å². The maximum Gasteiger partial charge on any atom is 0.247 e. The fourth-order valence-electron chi connectivity index (χ4n) is 3.36. The van der Waals surface area contributed by atoms with E-state index in [9.17, 15) is 0 Å². The average molecular weight is 419 g/mol. The van der Waals surface area contributed by atoms with Gasteiger partial charge in [0.1, 0.15) is 0 Å². The number of nitrogens with zero attached hydrogens (tertiary/aromatic N) is 3. The van der Waals surface area contributed by atoms with Crippen LogP contribution in [-0.2, 0) is 0 Å². The molecule has 30 heavy (non-hydrogen) atoms. The molecule has 1 aliphatic heterocycles. The number of hydrogen-bond donors (Lipinski definition) is 1. The Morgan fingerprint density at radius 1 is 1.13 bits per heavy atom. The number of anilines is 1. The molecular formula is C24H26N4OS. The molecule has 3 aromatic rings. The van der Waals surface area contributed by atoms with Crippen molar-refractivity contribution in [3.05, 3.63) is 65.2 Å². The van der Waals surface area contributed by atoms with Crippen molar-refractivity contribution in [2.45, 2.75) is 45.0 Å². The SMILES string of the molecule is CCSc1nnc2c(n1)O[C@H](/C(C)=C/c1ccc(C(C)C)cc1)Nc1ccccc1-2. The Kier molecular flexibility index (Phi) is 6.04. The molecule has 1 atom stereocenters. The van der Waals surface area contributed by atoms with Crippen molar-refractivity contribution in [3.8, 4) is 17.1 Å². The summed E-state index contributed by atoms with van der Waals surface area (Å²) in [4.78, 5) is 4.63. The van der Waals surface area contributed by atoms with Gasteiger partial charge in [0.15, 0.2) is 11.9 Å². The van der Waals surface area contributed by atoms with E-state index in [0.29, 0.717) is 22.6 Å². The highest BCUT2D eigenvalue weighted by molar-refractivity contribution is 7.99. The van der Waals surface area contributed by atoms with E-state index < -0.39 is 0 Å². The van der Waals surface area contributed by atoms with Crippen LogP contribution in [0.4, 0.5) is 5.69 Å². The molecule has 0 saturated heterocycles. The Balaban J connectivity index is 1.70. The predicted octanol–water partition coefficient (Wildman–Crippen LogP) is 6.01. The summed E-state index contributed by atoms with van der Waals surface area (Å²) >= 11 is 1.55. The second-order valence-electron chi connectivity index (χ2n) is 7.58. The highest BCUT2D eigenvalue weighted by Crippen LogP contribution is 2.37. The molecule has 1 aromatic heterocycles. The minimum Gasteiger partial charge on any atom is -0.448 e. The van der Waals surface area contributed by atoms with Gasteiger partial charge >= 0.3 is 0 Å². The van der Waals surface area contributed by atoms with Gasteiger partial charge in [-0.05, 0) is 41.4 Å². The van der Waals surface area contributed by atoms with Crippen LogP contribution in [0.1, 0.15) is 44.7 Å². The normalized spacial score (nSPS) is 15.6. The summed E-state index contributed by atoms with van der Waals surface area (Å²) in [5, 5.41) is 12.8. The molecule has 0 saturated carbocycles. The lowest BCUT2D eigenvalue weighted by atomic mass is 10.0. The molecular weight excluding hydrogens is 392 g/mol. The number of aromatic nitrogens is 3. The second-order valence-corrected chi connectivity index (χ2v) is 8.81. The third-order valence-electron chi connectivity index (χ3n) is 5.02. The van der Waals surface area contributed by atoms with E-state index >= 15 is 0 Å². The lowest BCUT2D eigenvalue weighted by Crippen LogP contribution is -2.27. The number of fused-ring (bicyclic) bond motifs is 3. The molecule has 2 aromatic carbocycles. The van der Waals surface area contributed by atoms with E-state index in [1.165, 1.54) is 5.56 Å².